The van der Waals surface area contributed by atoms with E-state index in [4.69, 9.17) is 4.74 Å². The first-order chi connectivity index (χ1) is 9.72. The molecular formula is C17H27NO2. The highest BCUT2D eigenvalue weighted by molar-refractivity contribution is 5.34. The fourth-order valence-electron chi connectivity index (χ4n) is 2.92. The van der Waals surface area contributed by atoms with E-state index in [1.807, 2.05) is 31.2 Å². The van der Waals surface area contributed by atoms with Gasteiger partial charge in [-0.2, -0.15) is 0 Å². The Hall–Kier alpha value is -1.06. The molecule has 0 aliphatic carbocycles. The summed E-state index contributed by atoms with van der Waals surface area (Å²) in [5.74, 6) is 0.834. The van der Waals surface area contributed by atoms with E-state index in [1.54, 1.807) is 0 Å². The Labute approximate surface area is 122 Å². The Bertz CT molecular complexity index is 408. The largest absolute Gasteiger partial charge is 0.493 e. The summed E-state index contributed by atoms with van der Waals surface area (Å²) in [6.07, 6.45) is 5.28. The van der Waals surface area contributed by atoms with Crippen LogP contribution in [0.5, 0.6) is 5.75 Å². The maximum Gasteiger partial charge on any atom is 0.125 e. The normalized spacial score (nSPS) is 21.6. The molecule has 112 valence electrons. The van der Waals surface area contributed by atoms with Crippen molar-refractivity contribution < 1.29 is 9.84 Å². The van der Waals surface area contributed by atoms with E-state index in [0.29, 0.717) is 12.5 Å². The molecule has 3 nitrogen and oxygen atoms in total. The van der Waals surface area contributed by atoms with E-state index in [1.165, 1.54) is 25.8 Å². The molecule has 1 aromatic carbocycles. The number of benzene rings is 1. The number of likely N-dealkylation sites (tertiary alicyclic amines) is 1. The van der Waals surface area contributed by atoms with Gasteiger partial charge in [0.2, 0.25) is 0 Å². The van der Waals surface area contributed by atoms with Gasteiger partial charge in [-0.05, 0) is 45.3 Å². The van der Waals surface area contributed by atoms with Gasteiger partial charge in [0.15, 0.2) is 0 Å². The van der Waals surface area contributed by atoms with Crippen LogP contribution in [0.3, 0.4) is 0 Å². The van der Waals surface area contributed by atoms with Crippen LogP contribution in [-0.4, -0.2) is 36.2 Å². The Morgan fingerprint density at radius 1 is 1.35 bits per heavy atom. The fourth-order valence-corrected chi connectivity index (χ4v) is 2.92. The van der Waals surface area contributed by atoms with Gasteiger partial charge >= 0.3 is 0 Å². The first-order valence-electron chi connectivity index (χ1n) is 7.82. The van der Waals surface area contributed by atoms with Crippen LogP contribution < -0.4 is 4.74 Å². The first kappa shape index (κ1) is 15.3. The number of ether oxygens (including phenoxy) is 1. The van der Waals surface area contributed by atoms with Crippen LogP contribution >= 0.6 is 0 Å². The third-order valence-electron chi connectivity index (χ3n) is 4.29. The Morgan fingerprint density at radius 3 is 2.90 bits per heavy atom. The topological polar surface area (TPSA) is 32.7 Å². The minimum absolute atomic E-state index is 0.427. The summed E-state index contributed by atoms with van der Waals surface area (Å²) in [5.41, 5.74) is 0.909. The minimum atomic E-state index is -0.427. The second kappa shape index (κ2) is 7.65. The molecule has 1 saturated heterocycles. The molecule has 1 aliphatic rings. The van der Waals surface area contributed by atoms with Crippen molar-refractivity contribution in [3.05, 3.63) is 29.8 Å². The number of para-hydroxylation sites is 1. The first-order valence-corrected chi connectivity index (χ1v) is 7.82. The summed E-state index contributed by atoms with van der Waals surface area (Å²) < 4.78 is 5.92. The van der Waals surface area contributed by atoms with Crippen LogP contribution in [0.4, 0.5) is 0 Å². The number of aliphatic hydroxyl groups is 1. The van der Waals surface area contributed by atoms with Gasteiger partial charge < -0.3 is 14.7 Å². The molecule has 20 heavy (non-hydrogen) atoms. The summed E-state index contributed by atoms with van der Waals surface area (Å²) in [5, 5.41) is 10.0. The van der Waals surface area contributed by atoms with Crippen molar-refractivity contribution in [2.45, 2.75) is 51.2 Å². The van der Waals surface area contributed by atoms with Crippen molar-refractivity contribution >= 4 is 0 Å². The standard InChI is InChI=1S/C17H27NO2/c1-3-16(19)15-9-4-5-10-17(15)20-13-11-14-8-6-7-12-18(14)2/h4-5,9-10,14,16,19H,3,6-8,11-13H2,1-2H3. The number of rotatable bonds is 6. The second-order valence-electron chi connectivity index (χ2n) is 5.73. The zero-order valence-corrected chi connectivity index (χ0v) is 12.7. The Kier molecular flexibility index (Phi) is 5.86. The molecular weight excluding hydrogens is 250 g/mol. The number of hydrogen-bond donors (Lipinski definition) is 1. The van der Waals surface area contributed by atoms with Crippen LogP contribution in [-0.2, 0) is 0 Å². The average Bonchev–Trinajstić information content (AvgIpc) is 2.49. The smallest absolute Gasteiger partial charge is 0.125 e. The number of nitrogens with zero attached hydrogens (tertiary/aromatic N) is 1. The summed E-state index contributed by atoms with van der Waals surface area (Å²) in [6.45, 7) is 3.91. The predicted molar refractivity (Wildman–Crippen MR) is 82.1 cm³/mol. The van der Waals surface area contributed by atoms with Gasteiger partial charge in [-0.25, -0.2) is 0 Å². The van der Waals surface area contributed by atoms with Gasteiger partial charge in [0.1, 0.15) is 5.75 Å². The molecule has 0 spiro atoms. The lowest BCUT2D eigenvalue weighted by Crippen LogP contribution is -2.37. The second-order valence-corrected chi connectivity index (χ2v) is 5.73. The Morgan fingerprint density at radius 2 is 2.15 bits per heavy atom. The van der Waals surface area contributed by atoms with Crippen LogP contribution in [0.25, 0.3) is 0 Å². The van der Waals surface area contributed by atoms with E-state index in [0.717, 1.165) is 24.3 Å². The SMILES string of the molecule is CCC(O)c1ccccc1OCCC1CCCCN1C. The molecule has 0 saturated carbocycles. The molecule has 2 rings (SSSR count). The van der Waals surface area contributed by atoms with E-state index < -0.39 is 6.10 Å². The molecule has 1 heterocycles. The van der Waals surface area contributed by atoms with Crippen molar-refractivity contribution in [2.75, 3.05) is 20.2 Å². The number of hydrogen-bond acceptors (Lipinski definition) is 3. The molecule has 0 bridgehead atoms. The highest BCUT2D eigenvalue weighted by atomic mass is 16.5. The van der Waals surface area contributed by atoms with Gasteiger partial charge in [-0.1, -0.05) is 31.5 Å². The molecule has 3 heteroatoms. The van der Waals surface area contributed by atoms with Gasteiger partial charge in [0.05, 0.1) is 12.7 Å². The molecule has 1 N–H and O–H groups in total. The van der Waals surface area contributed by atoms with E-state index in [9.17, 15) is 5.11 Å². The lowest BCUT2D eigenvalue weighted by Gasteiger charge is -2.32. The summed E-state index contributed by atoms with van der Waals surface area (Å²) >= 11 is 0. The third kappa shape index (κ3) is 3.97. The van der Waals surface area contributed by atoms with E-state index in [-0.39, 0.29) is 0 Å². The minimum Gasteiger partial charge on any atom is -0.493 e. The Balaban J connectivity index is 1.87. The van der Waals surface area contributed by atoms with Gasteiger partial charge in [0, 0.05) is 11.6 Å². The molecule has 1 aliphatic heterocycles. The summed E-state index contributed by atoms with van der Waals surface area (Å²) in [6, 6.07) is 8.48. The van der Waals surface area contributed by atoms with Crippen LogP contribution in [0.2, 0.25) is 0 Å². The van der Waals surface area contributed by atoms with Crippen LogP contribution in [0.15, 0.2) is 24.3 Å². The predicted octanol–water partition coefficient (Wildman–Crippen LogP) is 3.38. The van der Waals surface area contributed by atoms with Crippen molar-refractivity contribution in [3.8, 4) is 5.75 Å². The molecule has 1 aromatic rings. The van der Waals surface area contributed by atoms with Crippen LogP contribution in [0, 0.1) is 0 Å². The van der Waals surface area contributed by atoms with Gasteiger partial charge in [-0.3, -0.25) is 0 Å². The average molecular weight is 277 g/mol. The fraction of sp³-hybridized carbons (Fsp3) is 0.647. The van der Waals surface area contributed by atoms with Gasteiger partial charge in [0.25, 0.3) is 0 Å². The molecule has 0 radical (unpaired) electrons. The van der Waals surface area contributed by atoms with Crippen molar-refractivity contribution in [1.82, 2.24) is 4.90 Å². The molecule has 0 aromatic heterocycles. The number of piperidine rings is 1. The van der Waals surface area contributed by atoms with Crippen LogP contribution in [0.1, 0.15) is 50.7 Å². The van der Waals surface area contributed by atoms with Crippen molar-refractivity contribution in [3.63, 3.8) is 0 Å². The summed E-state index contributed by atoms with van der Waals surface area (Å²) in [4.78, 5) is 2.44. The lowest BCUT2D eigenvalue weighted by atomic mass is 10.0. The monoisotopic (exact) mass is 277 g/mol. The quantitative estimate of drug-likeness (QED) is 0.865. The zero-order valence-electron chi connectivity index (χ0n) is 12.7. The highest BCUT2D eigenvalue weighted by Crippen LogP contribution is 2.27. The van der Waals surface area contributed by atoms with Crippen molar-refractivity contribution in [1.29, 1.82) is 0 Å². The molecule has 2 atom stereocenters. The molecule has 1 fully saturated rings. The maximum absolute atomic E-state index is 10.0. The van der Waals surface area contributed by atoms with Crippen molar-refractivity contribution in [2.24, 2.45) is 0 Å². The summed E-state index contributed by atoms with van der Waals surface area (Å²) in [7, 11) is 2.21. The van der Waals surface area contributed by atoms with E-state index >= 15 is 0 Å². The number of aliphatic hydroxyl groups excluding tert-OH is 1. The lowest BCUT2D eigenvalue weighted by molar-refractivity contribution is 0.146. The molecule has 2 unspecified atom stereocenters. The zero-order chi connectivity index (χ0) is 14.4. The highest BCUT2D eigenvalue weighted by Gasteiger charge is 2.19. The van der Waals surface area contributed by atoms with E-state index in [2.05, 4.69) is 11.9 Å². The molecule has 0 amide bonds. The third-order valence-corrected chi connectivity index (χ3v) is 4.29. The van der Waals surface area contributed by atoms with Gasteiger partial charge in [-0.15, -0.1) is 0 Å². The maximum atomic E-state index is 10.0.